The van der Waals surface area contributed by atoms with Gasteiger partial charge in [-0.15, -0.1) is 11.3 Å². The maximum Gasteiger partial charge on any atom is 0.0609 e. The Morgan fingerprint density at radius 1 is 1.05 bits per heavy atom. The minimum atomic E-state index is -0.161. The number of thiophene rings is 1. The van der Waals surface area contributed by atoms with E-state index in [9.17, 15) is 5.11 Å². The van der Waals surface area contributed by atoms with Crippen LogP contribution in [0.15, 0.2) is 29.6 Å². The predicted molar refractivity (Wildman–Crippen MR) is 87.3 cm³/mol. The van der Waals surface area contributed by atoms with Gasteiger partial charge in [0, 0.05) is 11.1 Å². The van der Waals surface area contributed by atoms with Crippen molar-refractivity contribution in [3.8, 4) is 0 Å². The van der Waals surface area contributed by atoms with Crippen molar-refractivity contribution in [3.05, 3.63) is 35.2 Å². The second kappa shape index (κ2) is 6.73. The van der Waals surface area contributed by atoms with E-state index in [1.165, 1.54) is 60.6 Å². The molecule has 20 heavy (non-hydrogen) atoms. The first-order valence-electron chi connectivity index (χ1n) is 7.98. The number of aliphatic hydroxyl groups is 1. The zero-order valence-corrected chi connectivity index (χ0v) is 12.9. The van der Waals surface area contributed by atoms with Crippen LogP contribution in [0.3, 0.4) is 0 Å². The molecule has 1 atom stereocenters. The highest BCUT2D eigenvalue weighted by atomic mass is 32.1. The monoisotopic (exact) mass is 288 g/mol. The summed E-state index contributed by atoms with van der Waals surface area (Å²) in [6.07, 6.45) is 9.78. The van der Waals surface area contributed by atoms with Crippen molar-refractivity contribution in [1.29, 1.82) is 0 Å². The summed E-state index contributed by atoms with van der Waals surface area (Å²) in [5.41, 5.74) is 1.33. The maximum atomic E-state index is 10.6. The van der Waals surface area contributed by atoms with Gasteiger partial charge >= 0.3 is 0 Å². The van der Waals surface area contributed by atoms with Crippen LogP contribution in [0.1, 0.15) is 50.5 Å². The average Bonchev–Trinajstić information content (AvgIpc) is 2.82. The maximum absolute atomic E-state index is 10.6. The van der Waals surface area contributed by atoms with Gasteiger partial charge in [0.05, 0.1) is 6.10 Å². The van der Waals surface area contributed by atoms with E-state index in [-0.39, 0.29) is 6.10 Å². The van der Waals surface area contributed by atoms with E-state index < -0.39 is 0 Å². The quantitative estimate of drug-likeness (QED) is 0.826. The van der Waals surface area contributed by atoms with E-state index in [1.54, 1.807) is 11.3 Å². The summed E-state index contributed by atoms with van der Waals surface area (Å²) in [4.78, 5) is 0. The van der Waals surface area contributed by atoms with Crippen molar-refractivity contribution in [2.45, 2.75) is 57.5 Å². The second-order valence-corrected chi connectivity index (χ2v) is 7.04. The summed E-state index contributed by atoms with van der Waals surface area (Å²) in [7, 11) is 0. The molecule has 3 rings (SSSR count). The molecule has 2 aromatic rings. The number of hydrogen-bond donors (Lipinski definition) is 1. The van der Waals surface area contributed by atoms with E-state index in [2.05, 4.69) is 29.6 Å². The van der Waals surface area contributed by atoms with E-state index in [4.69, 9.17) is 0 Å². The number of fused-ring (bicyclic) bond motifs is 1. The van der Waals surface area contributed by atoms with Gasteiger partial charge in [0.1, 0.15) is 0 Å². The summed E-state index contributed by atoms with van der Waals surface area (Å²) in [5, 5.41) is 14.2. The van der Waals surface area contributed by atoms with Crippen molar-refractivity contribution >= 4 is 21.4 Å². The number of hydrogen-bond acceptors (Lipinski definition) is 2. The topological polar surface area (TPSA) is 20.2 Å². The molecule has 2 heteroatoms. The molecule has 1 aromatic carbocycles. The van der Waals surface area contributed by atoms with Gasteiger partial charge in [-0.2, -0.15) is 0 Å². The van der Waals surface area contributed by atoms with E-state index in [0.29, 0.717) is 5.92 Å². The zero-order valence-electron chi connectivity index (χ0n) is 12.1. The highest BCUT2D eigenvalue weighted by Gasteiger charge is 2.21. The molecule has 1 heterocycles. The van der Waals surface area contributed by atoms with Gasteiger partial charge in [0.15, 0.2) is 0 Å². The van der Waals surface area contributed by atoms with Crippen LogP contribution in [0, 0.1) is 5.92 Å². The molecule has 1 aliphatic carbocycles. The summed E-state index contributed by atoms with van der Waals surface area (Å²) in [6, 6.07) is 8.55. The average molecular weight is 288 g/mol. The van der Waals surface area contributed by atoms with Crippen LogP contribution >= 0.6 is 11.3 Å². The van der Waals surface area contributed by atoms with E-state index in [1.807, 2.05) is 0 Å². The van der Waals surface area contributed by atoms with E-state index >= 15 is 0 Å². The molecule has 0 bridgehead atoms. The number of aliphatic hydroxyl groups excluding tert-OH is 1. The normalized spacial score (nSPS) is 19.6. The predicted octanol–water partition coefficient (Wildman–Crippen LogP) is 5.17. The lowest BCUT2D eigenvalue weighted by Gasteiger charge is -2.24. The SMILES string of the molecule is OC(Cc1csc2ccccc12)C1CCCCCCC1. The Morgan fingerprint density at radius 3 is 2.55 bits per heavy atom. The fraction of sp³-hybridized carbons (Fsp3) is 0.556. The highest BCUT2D eigenvalue weighted by molar-refractivity contribution is 7.17. The fourth-order valence-electron chi connectivity index (χ4n) is 3.46. The van der Waals surface area contributed by atoms with Gasteiger partial charge in [0.2, 0.25) is 0 Å². The lowest BCUT2D eigenvalue weighted by Crippen LogP contribution is -2.23. The molecule has 1 aliphatic rings. The standard InChI is InChI=1S/C18H24OS/c19-17(14-8-4-2-1-3-5-9-14)12-15-13-20-18-11-7-6-10-16(15)18/h6-7,10-11,13-14,17,19H,1-5,8-9,12H2. The van der Waals surface area contributed by atoms with E-state index in [0.717, 1.165) is 6.42 Å². The van der Waals surface area contributed by atoms with Crippen LogP contribution in [-0.2, 0) is 6.42 Å². The zero-order chi connectivity index (χ0) is 13.8. The van der Waals surface area contributed by atoms with Crippen LogP contribution in [0.25, 0.3) is 10.1 Å². The molecule has 1 unspecified atom stereocenters. The lowest BCUT2D eigenvalue weighted by atomic mass is 9.85. The van der Waals surface area contributed by atoms with Crippen molar-refractivity contribution in [2.24, 2.45) is 5.92 Å². The minimum Gasteiger partial charge on any atom is -0.392 e. The lowest BCUT2D eigenvalue weighted by molar-refractivity contribution is 0.0917. The van der Waals surface area contributed by atoms with Gasteiger partial charge in [-0.3, -0.25) is 0 Å². The number of rotatable bonds is 3. The molecule has 0 amide bonds. The molecule has 1 fully saturated rings. The van der Waals surface area contributed by atoms with Crippen LogP contribution in [0.5, 0.6) is 0 Å². The van der Waals surface area contributed by atoms with Crippen LogP contribution < -0.4 is 0 Å². The molecule has 1 nitrogen and oxygen atoms in total. The van der Waals surface area contributed by atoms with Gasteiger partial charge in [-0.1, -0.05) is 50.3 Å². The van der Waals surface area contributed by atoms with Crippen molar-refractivity contribution in [1.82, 2.24) is 0 Å². The Bertz CT molecular complexity index is 537. The first-order chi connectivity index (χ1) is 9.84. The second-order valence-electron chi connectivity index (χ2n) is 6.13. The molecule has 0 aliphatic heterocycles. The molecule has 0 spiro atoms. The molecule has 1 N–H and O–H groups in total. The van der Waals surface area contributed by atoms with Crippen molar-refractivity contribution in [2.75, 3.05) is 0 Å². The molecule has 0 radical (unpaired) electrons. The summed E-state index contributed by atoms with van der Waals surface area (Å²) in [6.45, 7) is 0. The van der Waals surface area contributed by atoms with Crippen LogP contribution in [0.4, 0.5) is 0 Å². The highest BCUT2D eigenvalue weighted by Crippen LogP contribution is 2.30. The van der Waals surface area contributed by atoms with Crippen molar-refractivity contribution < 1.29 is 5.11 Å². The van der Waals surface area contributed by atoms with Crippen LogP contribution in [-0.4, -0.2) is 11.2 Å². The Balaban J connectivity index is 1.69. The minimum absolute atomic E-state index is 0.161. The Kier molecular flexibility index (Phi) is 4.74. The molecule has 1 saturated carbocycles. The van der Waals surface area contributed by atoms with Crippen molar-refractivity contribution in [3.63, 3.8) is 0 Å². The Morgan fingerprint density at radius 2 is 1.75 bits per heavy atom. The third kappa shape index (κ3) is 3.24. The molecule has 108 valence electrons. The smallest absolute Gasteiger partial charge is 0.0609 e. The van der Waals surface area contributed by atoms with Gasteiger partial charge < -0.3 is 5.11 Å². The summed E-state index contributed by atoms with van der Waals surface area (Å²) < 4.78 is 1.34. The summed E-state index contributed by atoms with van der Waals surface area (Å²) in [5.74, 6) is 0.508. The molecule has 0 saturated heterocycles. The largest absolute Gasteiger partial charge is 0.392 e. The van der Waals surface area contributed by atoms with Gasteiger partial charge in [-0.05, 0) is 41.2 Å². The third-order valence-electron chi connectivity index (χ3n) is 4.68. The Labute approximate surface area is 125 Å². The number of benzene rings is 1. The van der Waals surface area contributed by atoms with Crippen LogP contribution in [0.2, 0.25) is 0 Å². The molecule has 1 aromatic heterocycles. The molecular weight excluding hydrogens is 264 g/mol. The first kappa shape index (κ1) is 14.1. The third-order valence-corrected chi connectivity index (χ3v) is 5.70. The first-order valence-corrected chi connectivity index (χ1v) is 8.86. The summed E-state index contributed by atoms with van der Waals surface area (Å²) >= 11 is 1.80. The fourth-order valence-corrected chi connectivity index (χ4v) is 4.43. The van der Waals surface area contributed by atoms with Gasteiger partial charge in [-0.25, -0.2) is 0 Å². The van der Waals surface area contributed by atoms with Gasteiger partial charge in [0.25, 0.3) is 0 Å². The molecular formula is C18H24OS. The Hall–Kier alpha value is -0.860.